The van der Waals surface area contributed by atoms with Gasteiger partial charge in [0.1, 0.15) is 0 Å². The van der Waals surface area contributed by atoms with Gasteiger partial charge in [-0.25, -0.2) is 4.79 Å². The number of halogens is 1. The summed E-state index contributed by atoms with van der Waals surface area (Å²) in [5.41, 5.74) is 0.172. The number of aromatic nitrogens is 1. The lowest BCUT2D eigenvalue weighted by molar-refractivity contribution is -0.149. The summed E-state index contributed by atoms with van der Waals surface area (Å²) < 4.78 is 4.30. The van der Waals surface area contributed by atoms with Crippen LogP contribution in [0, 0.1) is 0 Å². The molecule has 6 nitrogen and oxygen atoms in total. The van der Waals surface area contributed by atoms with Crippen LogP contribution in [0.15, 0.2) is 18.5 Å². The van der Waals surface area contributed by atoms with Gasteiger partial charge in [-0.1, -0.05) is 11.6 Å². The molecule has 0 saturated heterocycles. The Morgan fingerprint density at radius 2 is 2.35 bits per heavy atom. The molecule has 17 heavy (non-hydrogen) atoms. The molecule has 0 aliphatic heterocycles. The normalized spacial score (nSPS) is 11.7. The number of aliphatic hydroxyl groups excluding tert-OH is 1. The Kier molecular flexibility index (Phi) is 4.86. The summed E-state index contributed by atoms with van der Waals surface area (Å²) in [7, 11) is 1.14. The minimum absolute atomic E-state index is 0.172. The lowest BCUT2D eigenvalue weighted by atomic mass is 10.2. The molecule has 0 saturated carbocycles. The fourth-order valence-corrected chi connectivity index (χ4v) is 1.24. The maximum atomic E-state index is 11.6. The molecule has 92 valence electrons. The lowest BCUT2D eigenvalue weighted by Crippen LogP contribution is -2.37. The van der Waals surface area contributed by atoms with Crippen molar-refractivity contribution < 1.29 is 19.4 Å². The van der Waals surface area contributed by atoms with Gasteiger partial charge in [-0.05, 0) is 6.07 Å². The van der Waals surface area contributed by atoms with Crippen molar-refractivity contribution in [1.29, 1.82) is 0 Å². The van der Waals surface area contributed by atoms with Gasteiger partial charge < -0.3 is 15.2 Å². The van der Waals surface area contributed by atoms with E-state index in [1.54, 1.807) is 0 Å². The van der Waals surface area contributed by atoms with Crippen molar-refractivity contribution in [1.82, 2.24) is 10.3 Å². The minimum atomic E-state index is -1.40. The molecule has 0 radical (unpaired) electrons. The van der Waals surface area contributed by atoms with E-state index in [1.807, 2.05) is 0 Å². The molecular weight excluding hydrogens is 248 g/mol. The number of carbonyl (C=O) groups excluding carboxylic acids is 2. The number of ether oxygens (including phenoxy) is 1. The van der Waals surface area contributed by atoms with Crippen LogP contribution in [0.2, 0.25) is 5.02 Å². The predicted molar refractivity (Wildman–Crippen MR) is 59.6 cm³/mol. The quantitative estimate of drug-likeness (QED) is 0.742. The number of hydrogen-bond donors (Lipinski definition) is 2. The fraction of sp³-hybridized carbons (Fsp3) is 0.300. The van der Waals surface area contributed by atoms with Crippen molar-refractivity contribution in [2.75, 3.05) is 13.7 Å². The number of rotatable bonds is 4. The number of methoxy groups -OCH3 is 1. The largest absolute Gasteiger partial charge is 0.467 e. The van der Waals surface area contributed by atoms with E-state index in [0.717, 1.165) is 7.11 Å². The molecule has 2 N–H and O–H groups in total. The number of aliphatic hydroxyl groups is 1. The van der Waals surface area contributed by atoms with Crippen molar-refractivity contribution in [2.24, 2.45) is 0 Å². The zero-order valence-corrected chi connectivity index (χ0v) is 9.77. The van der Waals surface area contributed by atoms with Crippen LogP contribution >= 0.6 is 11.6 Å². The lowest BCUT2D eigenvalue weighted by Gasteiger charge is -2.10. The van der Waals surface area contributed by atoms with Crippen molar-refractivity contribution in [3.8, 4) is 0 Å². The third kappa shape index (κ3) is 3.69. The van der Waals surface area contributed by atoms with Crippen LogP contribution in [-0.4, -0.2) is 41.7 Å². The molecule has 0 aliphatic rings. The molecule has 0 aliphatic carbocycles. The standard InChI is InChI=1S/C10H11ClN2O4/c1-17-10(16)8(14)5-13-9(15)6-4-12-3-2-7(6)11/h2-4,8,14H,5H2,1H3,(H,13,15). The molecule has 7 heteroatoms. The monoisotopic (exact) mass is 258 g/mol. The second kappa shape index (κ2) is 6.17. The van der Waals surface area contributed by atoms with Gasteiger partial charge in [-0.2, -0.15) is 0 Å². The molecule has 1 atom stereocenters. The Bertz CT molecular complexity index is 425. The van der Waals surface area contributed by atoms with E-state index in [0.29, 0.717) is 0 Å². The Balaban J connectivity index is 2.57. The Hall–Kier alpha value is -1.66. The van der Waals surface area contributed by atoms with Gasteiger partial charge >= 0.3 is 5.97 Å². The molecule has 0 aromatic carbocycles. The van der Waals surface area contributed by atoms with E-state index in [4.69, 9.17) is 11.6 Å². The van der Waals surface area contributed by atoms with Crippen molar-refractivity contribution in [2.45, 2.75) is 6.10 Å². The second-order valence-corrected chi connectivity index (χ2v) is 3.51. The highest BCUT2D eigenvalue weighted by atomic mass is 35.5. The number of nitrogens with one attached hydrogen (secondary N) is 1. The number of esters is 1. The third-order valence-electron chi connectivity index (χ3n) is 1.94. The van der Waals surface area contributed by atoms with E-state index in [9.17, 15) is 14.7 Å². The van der Waals surface area contributed by atoms with Crippen LogP contribution < -0.4 is 5.32 Å². The molecule has 0 fully saturated rings. The van der Waals surface area contributed by atoms with Gasteiger partial charge in [-0.15, -0.1) is 0 Å². The first-order chi connectivity index (χ1) is 8.06. The second-order valence-electron chi connectivity index (χ2n) is 3.10. The number of hydrogen-bond acceptors (Lipinski definition) is 5. The SMILES string of the molecule is COC(=O)C(O)CNC(=O)c1cnccc1Cl. The van der Waals surface area contributed by atoms with Crippen LogP contribution in [0.5, 0.6) is 0 Å². The van der Waals surface area contributed by atoms with E-state index >= 15 is 0 Å². The molecule has 1 unspecified atom stereocenters. The predicted octanol–water partition coefficient (Wildman–Crippen LogP) is -0.00130. The van der Waals surface area contributed by atoms with Crippen LogP contribution in [0.3, 0.4) is 0 Å². The van der Waals surface area contributed by atoms with Gasteiger partial charge in [0.15, 0.2) is 6.10 Å². The zero-order chi connectivity index (χ0) is 12.8. The Morgan fingerprint density at radius 1 is 1.65 bits per heavy atom. The Morgan fingerprint density at radius 3 is 2.94 bits per heavy atom. The van der Waals surface area contributed by atoms with Crippen molar-refractivity contribution >= 4 is 23.5 Å². The van der Waals surface area contributed by atoms with E-state index in [-0.39, 0.29) is 17.1 Å². The summed E-state index contributed by atoms with van der Waals surface area (Å²) in [6, 6.07) is 1.47. The highest BCUT2D eigenvalue weighted by Crippen LogP contribution is 2.12. The first-order valence-corrected chi connectivity index (χ1v) is 5.07. The molecule has 0 bridgehead atoms. The average Bonchev–Trinajstić information content (AvgIpc) is 2.35. The highest BCUT2D eigenvalue weighted by Gasteiger charge is 2.17. The average molecular weight is 259 g/mol. The smallest absolute Gasteiger partial charge is 0.336 e. The zero-order valence-electron chi connectivity index (χ0n) is 9.01. The number of carbonyl (C=O) groups is 2. The van der Waals surface area contributed by atoms with Crippen LogP contribution in [0.25, 0.3) is 0 Å². The first kappa shape index (κ1) is 13.4. The molecule has 1 aromatic heterocycles. The molecule has 1 aromatic rings. The van der Waals surface area contributed by atoms with E-state index in [2.05, 4.69) is 15.0 Å². The molecule has 0 spiro atoms. The molecule has 1 heterocycles. The summed E-state index contributed by atoms with van der Waals surface area (Å²) in [5.74, 6) is -1.34. The topological polar surface area (TPSA) is 88.5 Å². The van der Waals surface area contributed by atoms with Gasteiger partial charge in [0.2, 0.25) is 0 Å². The summed E-state index contributed by atoms with van der Waals surface area (Å²) >= 11 is 5.77. The first-order valence-electron chi connectivity index (χ1n) is 4.70. The minimum Gasteiger partial charge on any atom is -0.467 e. The molecular formula is C10H11ClN2O4. The van der Waals surface area contributed by atoms with E-state index in [1.165, 1.54) is 18.5 Å². The summed E-state index contributed by atoms with van der Waals surface area (Å²) in [6.07, 6.45) is 1.34. The van der Waals surface area contributed by atoms with Crippen LogP contribution in [-0.2, 0) is 9.53 Å². The van der Waals surface area contributed by atoms with Gasteiger partial charge in [0, 0.05) is 12.4 Å². The Labute approximate surface area is 103 Å². The number of amides is 1. The number of pyridine rings is 1. The van der Waals surface area contributed by atoms with Gasteiger partial charge in [0.25, 0.3) is 5.91 Å². The summed E-state index contributed by atoms with van der Waals surface area (Å²) in [6.45, 7) is -0.253. The van der Waals surface area contributed by atoms with Gasteiger partial charge in [-0.3, -0.25) is 9.78 Å². The van der Waals surface area contributed by atoms with Crippen molar-refractivity contribution in [3.63, 3.8) is 0 Å². The molecule has 1 rings (SSSR count). The summed E-state index contributed by atoms with van der Waals surface area (Å²) in [5, 5.41) is 11.8. The maximum Gasteiger partial charge on any atom is 0.336 e. The fourth-order valence-electron chi connectivity index (χ4n) is 1.05. The van der Waals surface area contributed by atoms with E-state index < -0.39 is 18.0 Å². The molecule has 1 amide bonds. The number of nitrogens with zero attached hydrogens (tertiary/aromatic N) is 1. The maximum absolute atomic E-state index is 11.6. The van der Waals surface area contributed by atoms with Gasteiger partial charge in [0.05, 0.1) is 24.2 Å². The van der Waals surface area contributed by atoms with Crippen LogP contribution in [0.1, 0.15) is 10.4 Å². The van der Waals surface area contributed by atoms with Crippen LogP contribution in [0.4, 0.5) is 0 Å². The summed E-state index contributed by atoms with van der Waals surface area (Å²) in [4.78, 5) is 26.2. The highest BCUT2D eigenvalue weighted by molar-refractivity contribution is 6.33. The van der Waals surface area contributed by atoms with Crippen molar-refractivity contribution in [3.05, 3.63) is 29.0 Å². The third-order valence-corrected chi connectivity index (χ3v) is 2.27.